The van der Waals surface area contributed by atoms with Crippen molar-refractivity contribution >= 4 is 10.0 Å². The van der Waals surface area contributed by atoms with Gasteiger partial charge in [-0.1, -0.05) is 19.4 Å². The summed E-state index contributed by atoms with van der Waals surface area (Å²) in [7, 11) is -4.17. The summed E-state index contributed by atoms with van der Waals surface area (Å²) in [5.74, 6) is -2.20. The van der Waals surface area contributed by atoms with Gasteiger partial charge in [-0.2, -0.15) is 0 Å². The van der Waals surface area contributed by atoms with Crippen LogP contribution in [0.3, 0.4) is 0 Å². The van der Waals surface area contributed by atoms with E-state index in [4.69, 9.17) is 4.74 Å². The van der Waals surface area contributed by atoms with Crippen molar-refractivity contribution in [3.63, 3.8) is 0 Å². The molecule has 0 saturated heterocycles. The van der Waals surface area contributed by atoms with E-state index in [1.165, 1.54) is 0 Å². The lowest BCUT2D eigenvalue weighted by molar-refractivity contribution is 0.130. The van der Waals surface area contributed by atoms with Crippen LogP contribution in [0.5, 0.6) is 0 Å². The SMILES string of the molecule is CCCCOCCCNS(=O)(=O)c1c(F)cccc1F. The Labute approximate surface area is 118 Å². The van der Waals surface area contributed by atoms with Crippen LogP contribution in [0.2, 0.25) is 0 Å². The molecule has 20 heavy (non-hydrogen) atoms. The number of benzene rings is 1. The smallest absolute Gasteiger partial charge is 0.246 e. The third kappa shape index (κ3) is 5.15. The predicted molar refractivity (Wildman–Crippen MR) is 71.9 cm³/mol. The minimum absolute atomic E-state index is 0.0717. The number of halogens is 2. The molecule has 0 unspecified atom stereocenters. The van der Waals surface area contributed by atoms with E-state index in [2.05, 4.69) is 4.72 Å². The van der Waals surface area contributed by atoms with Crippen LogP contribution in [-0.4, -0.2) is 28.2 Å². The minimum atomic E-state index is -4.17. The zero-order valence-electron chi connectivity index (χ0n) is 11.4. The molecule has 0 aliphatic carbocycles. The Bertz CT molecular complexity index is 500. The summed E-state index contributed by atoms with van der Waals surface area (Å²) >= 11 is 0. The molecule has 1 N–H and O–H groups in total. The van der Waals surface area contributed by atoms with Crippen molar-refractivity contribution < 1.29 is 21.9 Å². The fourth-order valence-electron chi connectivity index (χ4n) is 1.54. The van der Waals surface area contributed by atoms with Gasteiger partial charge in [0.2, 0.25) is 10.0 Å². The molecule has 1 aromatic rings. The van der Waals surface area contributed by atoms with Gasteiger partial charge in [0, 0.05) is 19.8 Å². The summed E-state index contributed by atoms with van der Waals surface area (Å²) < 4.78 is 57.7. The number of sulfonamides is 1. The normalized spacial score (nSPS) is 11.8. The van der Waals surface area contributed by atoms with Crippen LogP contribution in [-0.2, 0) is 14.8 Å². The van der Waals surface area contributed by atoms with Gasteiger partial charge in [-0.15, -0.1) is 0 Å². The van der Waals surface area contributed by atoms with Crippen molar-refractivity contribution in [2.75, 3.05) is 19.8 Å². The lowest BCUT2D eigenvalue weighted by atomic mass is 10.3. The second-order valence-corrected chi connectivity index (χ2v) is 5.97. The predicted octanol–water partition coefficient (Wildman–Crippen LogP) is 2.45. The topological polar surface area (TPSA) is 55.4 Å². The second kappa shape index (κ2) is 8.28. The van der Waals surface area contributed by atoms with Crippen molar-refractivity contribution in [3.8, 4) is 0 Å². The Morgan fingerprint density at radius 2 is 1.75 bits per heavy atom. The summed E-state index contributed by atoms with van der Waals surface area (Å²) in [6, 6.07) is 2.93. The highest BCUT2D eigenvalue weighted by Crippen LogP contribution is 2.17. The first-order valence-electron chi connectivity index (χ1n) is 6.50. The van der Waals surface area contributed by atoms with E-state index in [0.29, 0.717) is 19.6 Å². The monoisotopic (exact) mass is 307 g/mol. The first kappa shape index (κ1) is 17.0. The molecule has 0 bridgehead atoms. The first-order valence-corrected chi connectivity index (χ1v) is 7.98. The molecule has 1 aromatic carbocycles. The number of rotatable bonds is 9. The van der Waals surface area contributed by atoms with Crippen molar-refractivity contribution in [1.29, 1.82) is 0 Å². The van der Waals surface area contributed by atoms with Crippen LogP contribution in [0.4, 0.5) is 8.78 Å². The number of unbranched alkanes of at least 4 members (excludes halogenated alkanes) is 1. The molecule has 0 heterocycles. The van der Waals surface area contributed by atoms with Crippen LogP contribution >= 0.6 is 0 Å². The summed E-state index contributed by atoms with van der Waals surface area (Å²) in [5, 5.41) is 0. The zero-order chi connectivity index (χ0) is 15.0. The average molecular weight is 307 g/mol. The number of ether oxygens (including phenoxy) is 1. The fourth-order valence-corrected chi connectivity index (χ4v) is 2.75. The molecule has 0 spiro atoms. The highest BCUT2D eigenvalue weighted by Gasteiger charge is 2.22. The number of hydrogen-bond donors (Lipinski definition) is 1. The van der Waals surface area contributed by atoms with E-state index >= 15 is 0 Å². The Hall–Kier alpha value is -1.05. The van der Waals surface area contributed by atoms with E-state index < -0.39 is 26.6 Å². The van der Waals surface area contributed by atoms with E-state index in [1.54, 1.807) is 0 Å². The molecule has 0 aliphatic rings. The molecule has 114 valence electrons. The lowest BCUT2D eigenvalue weighted by Gasteiger charge is -2.08. The Balaban J connectivity index is 2.46. The molecular formula is C13H19F2NO3S. The Morgan fingerprint density at radius 1 is 1.15 bits per heavy atom. The van der Waals surface area contributed by atoms with Crippen LogP contribution in [0.1, 0.15) is 26.2 Å². The zero-order valence-corrected chi connectivity index (χ0v) is 12.2. The third-order valence-corrected chi connectivity index (χ3v) is 4.10. The van der Waals surface area contributed by atoms with E-state index in [0.717, 1.165) is 31.0 Å². The maximum atomic E-state index is 13.4. The van der Waals surface area contributed by atoms with Crippen LogP contribution in [0.15, 0.2) is 23.1 Å². The molecule has 0 aromatic heterocycles. The molecular weight excluding hydrogens is 288 g/mol. The summed E-state index contributed by atoms with van der Waals surface area (Å²) in [5.41, 5.74) is 0. The van der Waals surface area contributed by atoms with E-state index in [-0.39, 0.29) is 6.54 Å². The van der Waals surface area contributed by atoms with Crippen molar-refractivity contribution in [2.24, 2.45) is 0 Å². The Morgan fingerprint density at radius 3 is 2.35 bits per heavy atom. The van der Waals surface area contributed by atoms with E-state index in [1.807, 2.05) is 6.92 Å². The highest BCUT2D eigenvalue weighted by atomic mass is 32.2. The van der Waals surface area contributed by atoms with Gasteiger partial charge in [0.1, 0.15) is 11.6 Å². The maximum absolute atomic E-state index is 13.4. The molecule has 1 rings (SSSR count). The fraction of sp³-hybridized carbons (Fsp3) is 0.538. The van der Waals surface area contributed by atoms with Crippen molar-refractivity contribution in [2.45, 2.75) is 31.1 Å². The standard InChI is InChI=1S/C13H19F2NO3S/c1-2-3-9-19-10-5-8-16-20(17,18)13-11(14)6-4-7-12(13)15/h4,6-7,16H,2-3,5,8-10H2,1H3. The van der Waals surface area contributed by atoms with Gasteiger partial charge in [-0.25, -0.2) is 21.9 Å². The molecule has 0 atom stereocenters. The highest BCUT2D eigenvalue weighted by molar-refractivity contribution is 7.89. The molecule has 0 fully saturated rings. The number of hydrogen-bond acceptors (Lipinski definition) is 3. The molecule has 0 radical (unpaired) electrons. The van der Waals surface area contributed by atoms with Gasteiger partial charge in [0.05, 0.1) is 0 Å². The molecule has 0 saturated carbocycles. The summed E-state index contributed by atoms with van der Waals surface area (Å²) in [4.78, 5) is -0.938. The average Bonchev–Trinajstić information content (AvgIpc) is 2.37. The molecule has 7 heteroatoms. The van der Waals surface area contributed by atoms with Crippen molar-refractivity contribution in [1.82, 2.24) is 4.72 Å². The largest absolute Gasteiger partial charge is 0.381 e. The third-order valence-electron chi connectivity index (χ3n) is 2.59. The van der Waals surface area contributed by atoms with Gasteiger partial charge in [0.15, 0.2) is 4.90 Å². The van der Waals surface area contributed by atoms with Gasteiger partial charge in [0.25, 0.3) is 0 Å². The first-order chi connectivity index (χ1) is 9.49. The summed E-state index contributed by atoms with van der Waals surface area (Å²) in [6.45, 7) is 3.15. The number of nitrogens with one attached hydrogen (secondary N) is 1. The quantitative estimate of drug-likeness (QED) is 0.713. The molecule has 0 amide bonds. The van der Waals surface area contributed by atoms with Gasteiger partial charge in [-0.05, 0) is 25.0 Å². The molecule has 4 nitrogen and oxygen atoms in total. The molecule has 0 aliphatic heterocycles. The van der Waals surface area contributed by atoms with Gasteiger partial charge >= 0.3 is 0 Å². The van der Waals surface area contributed by atoms with Crippen LogP contribution in [0.25, 0.3) is 0 Å². The van der Waals surface area contributed by atoms with Crippen LogP contribution in [0, 0.1) is 11.6 Å². The van der Waals surface area contributed by atoms with E-state index in [9.17, 15) is 17.2 Å². The van der Waals surface area contributed by atoms with Gasteiger partial charge in [-0.3, -0.25) is 0 Å². The van der Waals surface area contributed by atoms with Gasteiger partial charge < -0.3 is 4.74 Å². The van der Waals surface area contributed by atoms with Crippen LogP contribution < -0.4 is 4.72 Å². The van der Waals surface area contributed by atoms with Crippen molar-refractivity contribution in [3.05, 3.63) is 29.8 Å². The Kier molecular flexibility index (Phi) is 7.04. The minimum Gasteiger partial charge on any atom is -0.381 e. The lowest BCUT2D eigenvalue weighted by Crippen LogP contribution is -2.27. The maximum Gasteiger partial charge on any atom is 0.246 e. The summed E-state index contributed by atoms with van der Waals surface area (Å²) in [6.07, 6.45) is 2.42. The second-order valence-electron chi connectivity index (χ2n) is 4.27.